The highest BCUT2D eigenvalue weighted by Crippen LogP contribution is 2.38. The Morgan fingerprint density at radius 2 is 2.04 bits per heavy atom. The molecular weight excluding hydrogens is 447 g/mol. The van der Waals surface area contributed by atoms with Crippen molar-refractivity contribution in [3.63, 3.8) is 0 Å². The summed E-state index contributed by atoms with van der Waals surface area (Å²) in [4.78, 5) is 2.08. The molecule has 0 saturated carbocycles. The van der Waals surface area contributed by atoms with Gasteiger partial charge in [0, 0.05) is 14.3 Å². The molecular formula is C17H18ClIO3S. The normalized spacial score (nSPS) is 16.9. The minimum Gasteiger partial charge on any atom is -0.384 e. The van der Waals surface area contributed by atoms with Crippen molar-refractivity contribution in [2.45, 2.75) is 25.7 Å². The lowest BCUT2D eigenvalue weighted by Gasteiger charge is -2.16. The molecule has 0 radical (unpaired) electrons. The summed E-state index contributed by atoms with van der Waals surface area (Å²) >= 11 is 10.1. The molecule has 1 aromatic carbocycles. The van der Waals surface area contributed by atoms with Crippen LogP contribution in [-0.4, -0.2) is 22.7 Å². The summed E-state index contributed by atoms with van der Waals surface area (Å²) in [5.41, 5.74) is 2.92. The molecule has 1 atom stereocenters. The molecule has 3 nitrogen and oxygen atoms in total. The maximum atomic E-state index is 10.9. The molecule has 1 aliphatic rings. The summed E-state index contributed by atoms with van der Waals surface area (Å²) in [6, 6.07) is 7.75. The number of aryl methyl sites for hydroxylation is 2. The van der Waals surface area contributed by atoms with Gasteiger partial charge in [0.15, 0.2) is 6.29 Å². The van der Waals surface area contributed by atoms with Crippen LogP contribution in [0.4, 0.5) is 0 Å². The highest BCUT2D eigenvalue weighted by Gasteiger charge is 2.25. The number of aliphatic hydroxyl groups is 1. The highest BCUT2D eigenvalue weighted by atomic mass is 127. The van der Waals surface area contributed by atoms with Crippen LogP contribution < -0.4 is 0 Å². The van der Waals surface area contributed by atoms with Gasteiger partial charge in [0.05, 0.1) is 18.1 Å². The summed E-state index contributed by atoms with van der Waals surface area (Å²) in [7, 11) is 0. The lowest BCUT2D eigenvalue weighted by Crippen LogP contribution is -2.05. The molecule has 124 valence electrons. The first-order valence-corrected chi connectivity index (χ1v) is 10.2. The average Bonchev–Trinajstić information content (AvgIpc) is 3.18. The number of halogens is 2. The van der Waals surface area contributed by atoms with Gasteiger partial charge < -0.3 is 14.6 Å². The van der Waals surface area contributed by atoms with E-state index in [0.717, 1.165) is 37.3 Å². The van der Waals surface area contributed by atoms with Crippen molar-refractivity contribution in [2.24, 2.45) is 0 Å². The Balaban J connectivity index is 1.93. The van der Waals surface area contributed by atoms with Gasteiger partial charge in [0.2, 0.25) is 0 Å². The van der Waals surface area contributed by atoms with Crippen molar-refractivity contribution in [3.8, 4) is 0 Å². The van der Waals surface area contributed by atoms with Crippen molar-refractivity contribution < 1.29 is 14.6 Å². The predicted octanol–water partition coefficient (Wildman–Crippen LogP) is 4.81. The van der Waals surface area contributed by atoms with Crippen molar-refractivity contribution >= 4 is 45.5 Å². The summed E-state index contributed by atoms with van der Waals surface area (Å²) in [6.45, 7) is 3.26. The van der Waals surface area contributed by atoms with E-state index < -0.39 is 6.10 Å². The van der Waals surface area contributed by atoms with Crippen LogP contribution in [-0.2, 0) is 15.9 Å². The maximum Gasteiger partial charge on any atom is 0.193 e. The smallest absolute Gasteiger partial charge is 0.193 e. The molecule has 6 heteroatoms. The van der Waals surface area contributed by atoms with E-state index in [0.29, 0.717) is 18.2 Å². The predicted molar refractivity (Wildman–Crippen MR) is 102 cm³/mol. The summed E-state index contributed by atoms with van der Waals surface area (Å²) < 4.78 is 12.1. The Morgan fingerprint density at radius 1 is 1.30 bits per heavy atom. The molecule has 23 heavy (non-hydrogen) atoms. The fourth-order valence-corrected chi connectivity index (χ4v) is 4.57. The van der Waals surface area contributed by atoms with Crippen molar-refractivity contribution in [1.82, 2.24) is 0 Å². The molecule has 1 N–H and O–H groups in total. The van der Waals surface area contributed by atoms with Crippen LogP contribution in [0.15, 0.2) is 24.3 Å². The van der Waals surface area contributed by atoms with E-state index in [9.17, 15) is 5.11 Å². The molecule has 3 rings (SSSR count). The third kappa shape index (κ3) is 3.91. The van der Waals surface area contributed by atoms with Crippen LogP contribution >= 0.6 is 45.5 Å². The third-order valence-corrected chi connectivity index (χ3v) is 5.75. The quantitative estimate of drug-likeness (QED) is 0.510. The van der Waals surface area contributed by atoms with Gasteiger partial charge in [-0.2, -0.15) is 0 Å². The number of alkyl halides is 1. The molecule has 0 aliphatic carbocycles. The second kappa shape index (κ2) is 7.80. The average molecular weight is 465 g/mol. The molecule has 2 aromatic rings. The third-order valence-electron chi connectivity index (χ3n) is 3.89. The van der Waals surface area contributed by atoms with Crippen LogP contribution in [0.25, 0.3) is 0 Å². The second-order valence-electron chi connectivity index (χ2n) is 5.42. The summed E-state index contributed by atoms with van der Waals surface area (Å²) in [5.74, 6) is 0. The first-order chi connectivity index (χ1) is 11.1. The molecule has 1 unspecified atom stereocenters. The first kappa shape index (κ1) is 17.6. The van der Waals surface area contributed by atoms with Crippen LogP contribution in [0.5, 0.6) is 0 Å². The fraction of sp³-hybridized carbons (Fsp3) is 0.412. The van der Waals surface area contributed by atoms with Crippen molar-refractivity contribution in [2.75, 3.05) is 17.6 Å². The standard InChI is InChI=1S/C17H18ClIO3S/c1-10-13(9-15(23-10)17-21-6-7-22-17)16(20)14-8-12(18)3-2-11(14)4-5-19/h2-3,8-9,16-17,20H,4-7H2,1H3. The second-order valence-corrected chi connectivity index (χ2v) is 8.22. The van der Waals surface area contributed by atoms with Gasteiger partial charge in [-0.05, 0) is 48.2 Å². The van der Waals surface area contributed by atoms with Gasteiger partial charge in [-0.15, -0.1) is 11.3 Å². The van der Waals surface area contributed by atoms with Crippen molar-refractivity contribution in [1.29, 1.82) is 0 Å². The van der Waals surface area contributed by atoms with E-state index in [4.69, 9.17) is 21.1 Å². The van der Waals surface area contributed by atoms with Crippen LogP contribution in [0.1, 0.15) is 38.8 Å². The number of hydrogen-bond donors (Lipinski definition) is 1. The number of benzene rings is 1. The molecule has 0 amide bonds. The minimum atomic E-state index is -0.682. The molecule has 1 aromatic heterocycles. The zero-order valence-corrected chi connectivity index (χ0v) is 16.5. The number of hydrogen-bond acceptors (Lipinski definition) is 4. The first-order valence-electron chi connectivity index (χ1n) is 7.46. The maximum absolute atomic E-state index is 10.9. The van der Waals surface area contributed by atoms with E-state index in [1.807, 2.05) is 31.2 Å². The van der Waals surface area contributed by atoms with Gasteiger partial charge in [0.1, 0.15) is 6.10 Å². The molecule has 1 aliphatic heterocycles. The SMILES string of the molecule is Cc1sc(C2OCCO2)cc1C(O)c1cc(Cl)ccc1CCI. The Bertz CT molecular complexity index is 682. The van der Waals surface area contributed by atoms with Gasteiger partial charge in [-0.1, -0.05) is 40.3 Å². The number of rotatable bonds is 5. The summed E-state index contributed by atoms with van der Waals surface area (Å²) in [6.07, 6.45) is -0.0689. The Kier molecular flexibility index (Phi) is 5.98. The number of ether oxygens (including phenoxy) is 2. The number of aliphatic hydroxyl groups excluding tert-OH is 1. The van der Waals surface area contributed by atoms with Crippen molar-refractivity contribution in [3.05, 3.63) is 55.7 Å². The monoisotopic (exact) mass is 464 g/mol. The van der Waals surface area contributed by atoms with Crippen LogP contribution in [0.2, 0.25) is 5.02 Å². The largest absolute Gasteiger partial charge is 0.384 e. The van der Waals surface area contributed by atoms with Gasteiger partial charge in [-0.3, -0.25) is 0 Å². The summed E-state index contributed by atoms with van der Waals surface area (Å²) in [5, 5.41) is 11.6. The molecule has 0 bridgehead atoms. The zero-order valence-electron chi connectivity index (χ0n) is 12.7. The van der Waals surface area contributed by atoms with Crippen LogP contribution in [0.3, 0.4) is 0 Å². The number of thiophene rings is 1. The van der Waals surface area contributed by atoms with E-state index in [1.165, 1.54) is 0 Å². The van der Waals surface area contributed by atoms with Crippen LogP contribution in [0, 0.1) is 6.92 Å². The molecule has 1 saturated heterocycles. The van der Waals surface area contributed by atoms with E-state index in [1.54, 1.807) is 11.3 Å². The van der Waals surface area contributed by atoms with E-state index in [-0.39, 0.29) is 6.29 Å². The molecule has 1 fully saturated rings. The fourth-order valence-electron chi connectivity index (χ4n) is 2.75. The Morgan fingerprint density at radius 3 is 2.74 bits per heavy atom. The Hall–Kier alpha value is -0.180. The van der Waals surface area contributed by atoms with E-state index in [2.05, 4.69) is 22.6 Å². The lowest BCUT2D eigenvalue weighted by molar-refractivity contribution is -0.0414. The molecule has 2 heterocycles. The lowest BCUT2D eigenvalue weighted by atomic mass is 9.96. The zero-order chi connectivity index (χ0) is 16.4. The van der Waals surface area contributed by atoms with Gasteiger partial charge >= 0.3 is 0 Å². The Labute approximate surface area is 158 Å². The highest BCUT2D eigenvalue weighted by molar-refractivity contribution is 14.1. The van der Waals surface area contributed by atoms with E-state index >= 15 is 0 Å². The topological polar surface area (TPSA) is 38.7 Å². The van der Waals surface area contributed by atoms with Gasteiger partial charge in [0.25, 0.3) is 0 Å². The van der Waals surface area contributed by atoms with Gasteiger partial charge in [-0.25, -0.2) is 0 Å². The molecule has 0 spiro atoms. The minimum absolute atomic E-state index is 0.298.